The van der Waals surface area contributed by atoms with Gasteiger partial charge in [0.15, 0.2) is 0 Å². The first-order valence-electron chi connectivity index (χ1n) is 22.8. The van der Waals surface area contributed by atoms with Crippen molar-refractivity contribution in [2.45, 2.75) is 82.8 Å². The Kier molecular flexibility index (Phi) is 14.6. The van der Waals surface area contributed by atoms with Gasteiger partial charge in [-0.05, 0) is 87.2 Å². The SMILES string of the molecule is COc1cc(N2CCC(N3CCN(C(=O)CCCCCOc4ccc5c(c4)CN(C4CCC(=O)NC4=O)C5=O)CC3)CC2)ccc1Cc1ncc(Cl)c(Cc2ccccc2P(C)(C)=O)n1. The van der Waals surface area contributed by atoms with Crippen molar-refractivity contribution in [1.29, 1.82) is 0 Å². The molecule has 0 radical (unpaired) electrons. The molecule has 0 bridgehead atoms. The molecule has 4 amide bonds. The monoisotopic (exact) mass is 923 g/mol. The third-order valence-corrected chi connectivity index (χ3v) is 15.1. The Morgan fingerprint density at radius 1 is 0.892 bits per heavy atom. The number of unbranched alkanes of at least 4 members (excludes halogenated alkanes) is 2. The van der Waals surface area contributed by atoms with Crippen LogP contribution in [0.2, 0.25) is 5.02 Å². The van der Waals surface area contributed by atoms with Crippen LogP contribution >= 0.6 is 18.7 Å². The van der Waals surface area contributed by atoms with E-state index in [1.807, 2.05) is 35.2 Å². The first-order chi connectivity index (χ1) is 31.3. The van der Waals surface area contributed by atoms with Gasteiger partial charge in [-0.2, -0.15) is 0 Å². The van der Waals surface area contributed by atoms with Gasteiger partial charge in [-0.25, -0.2) is 9.97 Å². The van der Waals surface area contributed by atoms with Gasteiger partial charge in [-0.1, -0.05) is 41.9 Å². The van der Waals surface area contributed by atoms with Gasteiger partial charge in [-0.3, -0.25) is 29.4 Å². The number of imide groups is 1. The lowest BCUT2D eigenvalue weighted by Crippen LogP contribution is -2.54. The first-order valence-corrected chi connectivity index (χ1v) is 25.8. The van der Waals surface area contributed by atoms with Crippen molar-refractivity contribution in [1.82, 2.24) is 30.0 Å². The van der Waals surface area contributed by atoms with Gasteiger partial charge in [0.25, 0.3) is 5.91 Å². The summed E-state index contributed by atoms with van der Waals surface area (Å²) < 4.78 is 24.8. The maximum Gasteiger partial charge on any atom is 0.255 e. The smallest absolute Gasteiger partial charge is 0.255 e. The highest BCUT2D eigenvalue weighted by molar-refractivity contribution is 7.70. The zero-order valence-corrected chi connectivity index (χ0v) is 39.3. The number of halogens is 1. The topological polar surface area (TPSA) is 155 Å². The predicted molar refractivity (Wildman–Crippen MR) is 251 cm³/mol. The van der Waals surface area contributed by atoms with Crippen LogP contribution in [0.4, 0.5) is 5.69 Å². The molecule has 3 saturated heterocycles. The van der Waals surface area contributed by atoms with Gasteiger partial charge in [0.05, 0.1) is 24.4 Å². The summed E-state index contributed by atoms with van der Waals surface area (Å²) in [6, 6.07) is 19.4. The fourth-order valence-electron chi connectivity index (χ4n) is 9.63. The Morgan fingerprint density at radius 2 is 1.68 bits per heavy atom. The second-order valence-electron chi connectivity index (χ2n) is 17.9. The Bertz CT molecular complexity index is 2460. The number of hydrogen-bond acceptors (Lipinski definition) is 11. The highest BCUT2D eigenvalue weighted by Gasteiger charge is 2.39. The molecule has 0 aliphatic carbocycles. The molecule has 1 unspecified atom stereocenters. The van der Waals surface area contributed by atoms with Crippen molar-refractivity contribution in [2.24, 2.45) is 0 Å². The number of piperidine rings is 2. The molecule has 5 heterocycles. The second kappa shape index (κ2) is 20.5. The van der Waals surface area contributed by atoms with Crippen molar-refractivity contribution in [3.63, 3.8) is 0 Å². The summed E-state index contributed by atoms with van der Waals surface area (Å²) in [5.41, 5.74) is 5.16. The number of amides is 4. The number of rotatable bonds is 16. The van der Waals surface area contributed by atoms with E-state index < -0.39 is 19.1 Å². The zero-order valence-electron chi connectivity index (χ0n) is 37.6. The van der Waals surface area contributed by atoms with E-state index in [0.717, 1.165) is 105 Å². The third-order valence-electron chi connectivity index (χ3n) is 13.2. The van der Waals surface area contributed by atoms with Crippen LogP contribution < -0.4 is 25.0 Å². The first kappa shape index (κ1) is 46.2. The third kappa shape index (κ3) is 11.0. The number of methoxy groups -OCH3 is 1. The second-order valence-corrected chi connectivity index (χ2v) is 21.5. The minimum absolute atomic E-state index is 0.199. The number of anilines is 1. The van der Waals surface area contributed by atoms with Crippen LogP contribution in [0, 0.1) is 0 Å². The highest BCUT2D eigenvalue weighted by Crippen LogP contribution is 2.37. The number of nitrogens with zero attached hydrogens (tertiary/aromatic N) is 6. The van der Waals surface area contributed by atoms with E-state index in [-0.39, 0.29) is 24.1 Å². The largest absolute Gasteiger partial charge is 0.496 e. The molecule has 0 spiro atoms. The molecule has 4 aliphatic rings. The van der Waals surface area contributed by atoms with E-state index in [1.54, 1.807) is 38.8 Å². The summed E-state index contributed by atoms with van der Waals surface area (Å²) in [5, 5.41) is 3.66. The van der Waals surface area contributed by atoms with Crippen LogP contribution in [-0.4, -0.2) is 127 Å². The van der Waals surface area contributed by atoms with Gasteiger partial charge in [0, 0.05) is 112 Å². The Balaban J connectivity index is 0.735. The molecule has 4 aromatic rings. The number of carbonyl (C=O) groups is 4. The molecule has 0 saturated carbocycles. The van der Waals surface area contributed by atoms with Crippen molar-refractivity contribution < 1.29 is 33.2 Å². The van der Waals surface area contributed by atoms with Gasteiger partial charge in [0.1, 0.15) is 30.5 Å². The van der Waals surface area contributed by atoms with Gasteiger partial charge in [-0.15, -0.1) is 0 Å². The Morgan fingerprint density at radius 3 is 2.43 bits per heavy atom. The average molecular weight is 924 g/mol. The number of carbonyl (C=O) groups excluding carboxylic acids is 4. The Labute approximate surface area is 386 Å². The molecule has 1 atom stereocenters. The summed E-state index contributed by atoms with van der Waals surface area (Å²) >= 11 is 6.57. The summed E-state index contributed by atoms with van der Waals surface area (Å²) in [6.07, 6.45) is 8.31. The molecular weight excluding hydrogens is 865 g/mol. The van der Waals surface area contributed by atoms with Crippen LogP contribution in [0.25, 0.3) is 0 Å². The normalized spacial score (nSPS) is 18.5. The van der Waals surface area contributed by atoms with E-state index in [0.29, 0.717) is 72.7 Å². The molecule has 4 aliphatic heterocycles. The lowest BCUT2D eigenvalue weighted by molar-refractivity contribution is -0.137. The summed E-state index contributed by atoms with van der Waals surface area (Å²) in [5.74, 6) is 1.41. The molecule has 65 heavy (non-hydrogen) atoms. The molecule has 8 rings (SSSR count). The average Bonchev–Trinajstić information content (AvgIpc) is 3.63. The summed E-state index contributed by atoms with van der Waals surface area (Å²) in [4.78, 5) is 68.0. The zero-order chi connectivity index (χ0) is 45.7. The standard InChI is InChI=1S/C49H59ClN7O7P/c1-63-43-30-37(13-12-33(43)29-45-51-31-40(50)41(52-45)28-34-9-6-7-10-44(34)65(2,3)62)54-20-18-36(19-21-54)55-22-24-56(25-23-55)47(59)11-5-4-8-26-64-38-14-15-39-35(27-38)32-57(49(39)61)42-16-17-46(58)53-48(42)60/h6-7,9-10,12-15,27,30-31,36,42H,4-5,8,11,16-26,28-29,32H2,1-3H3,(H,53,58,60). The van der Waals surface area contributed by atoms with Crippen molar-refractivity contribution in [2.75, 3.05) is 71.2 Å². The number of nitrogens with one attached hydrogen (secondary N) is 1. The molecule has 3 fully saturated rings. The van der Waals surface area contributed by atoms with Crippen molar-refractivity contribution >= 4 is 53.4 Å². The van der Waals surface area contributed by atoms with Gasteiger partial charge in [0.2, 0.25) is 17.7 Å². The van der Waals surface area contributed by atoms with Crippen molar-refractivity contribution in [3.8, 4) is 11.5 Å². The highest BCUT2D eigenvalue weighted by atomic mass is 35.5. The molecule has 1 N–H and O–H groups in total. The van der Waals surface area contributed by atoms with Crippen LogP contribution in [-0.2, 0) is 38.3 Å². The fraction of sp³-hybridized carbons (Fsp3) is 0.469. The van der Waals surface area contributed by atoms with Crippen LogP contribution in [0.15, 0.2) is 66.9 Å². The number of fused-ring (bicyclic) bond motifs is 1. The van der Waals surface area contributed by atoms with E-state index >= 15 is 0 Å². The lowest BCUT2D eigenvalue weighted by atomic mass is 10.0. The predicted octanol–water partition coefficient (Wildman–Crippen LogP) is 6.08. The van der Waals surface area contributed by atoms with Gasteiger partial charge < -0.3 is 28.7 Å². The molecule has 1 aromatic heterocycles. The van der Waals surface area contributed by atoms with Crippen molar-refractivity contribution in [3.05, 3.63) is 106 Å². The number of benzene rings is 3. The minimum atomic E-state index is -2.48. The van der Waals surface area contributed by atoms with E-state index in [1.165, 1.54) is 4.90 Å². The maximum atomic E-state index is 13.1. The maximum absolute atomic E-state index is 13.1. The number of ether oxygens (including phenoxy) is 2. The fourth-order valence-corrected chi connectivity index (χ4v) is 11.1. The molecule has 14 nitrogen and oxygen atoms in total. The molecule has 344 valence electrons. The minimum Gasteiger partial charge on any atom is -0.496 e. The molecular formula is C49H59ClN7O7P. The molecule has 3 aromatic carbocycles. The van der Waals surface area contributed by atoms with E-state index in [2.05, 4.69) is 38.3 Å². The summed E-state index contributed by atoms with van der Waals surface area (Å²) in [7, 11) is -0.783. The lowest BCUT2D eigenvalue weighted by Gasteiger charge is -2.43. The number of piperazine rings is 1. The van der Waals surface area contributed by atoms with E-state index in [4.69, 9.17) is 26.1 Å². The summed E-state index contributed by atoms with van der Waals surface area (Å²) in [6.45, 7) is 9.58. The Hall–Kier alpha value is -5.30. The van der Waals surface area contributed by atoms with Crippen LogP contribution in [0.3, 0.4) is 0 Å². The quantitative estimate of drug-likeness (QED) is 0.0790. The van der Waals surface area contributed by atoms with Gasteiger partial charge >= 0.3 is 0 Å². The number of aromatic nitrogens is 2. The van der Waals surface area contributed by atoms with Crippen LogP contribution in [0.5, 0.6) is 11.5 Å². The van der Waals surface area contributed by atoms with E-state index in [9.17, 15) is 23.7 Å². The number of hydrogen-bond donors (Lipinski definition) is 1. The molecule has 16 heteroatoms. The van der Waals surface area contributed by atoms with Crippen LogP contribution in [0.1, 0.15) is 89.9 Å².